The van der Waals surface area contributed by atoms with Crippen LogP contribution in [-0.2, 0) is 9.59 Å². The molecule has 1 aliphatic heterocycles. The molecule has 4 nitrogen and oxygen atoms in total. The summed E-state index contributed by atoms with van der Waals surface area (Å²) in [6.07, 6.45) is 1.70. The van der Waals surface area contributed by atoms with Crippen molar-refractivity contribution >= 4 is 11.8 Å². The Kier molecular flexibility index (Phi) is 4.97. The Morgan fingerprint density at radius 2 is 1.88 bits per heavy atom. The molecule has 0 bridgehead atoms. The maximum atomic E-state index is 11.9. The standard InChI is InChI=1S/C13H24N2O2/c1-9(2)5-6-15-11(7-10(3)4)13(17)14-8-12(15)16/h9-11H,5-8H2,1-4H3,(H,14,17). The maximum Gasteiger partial charge on any atom is 0.243 e. The minimum atomic E-state index is -0.269. The fraction of sp³-hybridized carbons (Fsp3) is 0.846. The summed E-state index contributed by atoms with van der Waals surface area (Å²) < 4.78 is 0. The van der Waals surface area contributed by atoms with Crippen LogP contribution in [0.25, 0.3) is 0 Å². The van der Waals surface area contributed by atoms with E-state index in [1.54, 1.807) is 4.90 Å². The van der Waals surface area contributed by atoms with Crippen LogP contribution in [0.2, 0.25) is 0 Å². The van der Waals surface area contributed by atoms with Gasteiger partial charge in [0.25, 0.3) is 0 Å². The van der Waals surface area contributed by atoms with Crippen LogP contribution in [0.4, 0.5) is 0 Å². The van der Waals surface area contributed by atoms with E-state index in [2.05, 4.69) is 33.0 Å². The molecule has 0 aromatic carbocycles. The third-order valence-corrected chi connectivity index (χ3v) is 3.06. The number of amides is 2. The molecule has 1 heterocycles. The van der Waals surface area contributed by atoms with Gasteiger partial charge in [0.15, 0.2) is 0 Å². The van der Waals surface area contributed by atoms with Crippen molar-refractivity contribution in [3.63, 3.8) is 0 Å². The highest BCUT2D eigenvalue weighted by atomic mass is 16.2. The Hall–Kier alpha value is -1.06. The topological polar surface area (TPSA) is 49.4 Å². The van der Waals surface area contributed by atoms with Gasteiger partial charge in [-0.3, -0.25) is 9.59 Å². The Balaban J connectivity index is 2.69. The summed E-state index contributed by atoms with van der Waals surface area (Å²) in [6.45, 7) is 9.27. The van der Waals surface area contributed by atoms with E-state index >= 15 is 0 Å². The smallest absolute Gasteiger partial charge is 0.243 e. The number of carbonyl (C=O) groups is 2. The second kappa shape index (κ2) is 6.03. The minimum Gasteiger partial charge on any atom is -0.345 e. The summed E-state index contributed by atoms with van der Waals surface area (Å²) in [5.74, 6) is 1.02. The number of nitrogens with one attached hydrogen (secondary N) is 1. The van der Waals surface area contributed by atoms with Crippen molar-refractivity contribution in [1.29, 1.82) is 0 Å². The van der Waals surface area contributed by atoms with Gasteiger partial charge in [-0.1, -0.05) is 27.7 Å². The molecular weight excluding hydrogens is 216 g/mol. The van der Waals surface area contributed by atoms with Gasteiger partial charge in [-0.2, -0.15) is 0 Å². The Morgan fingerprint density at radius 3 is 2.41 bits per heavy atom. The molecule has 0 spiro atoms. The SMILES string of the molecule is CC(C)CCN1C(=O)CNC(=O)C1CC(C)C. The van der Waals surface area contributed by atoms with Crippen LogP contribution in [0, 0.1) is 11.8 Å². The van der Waals surface area contributed by atoms with Crippen LogP contribution in [0.5, 0.6) is 0 Å². The number of hydrogen-bond donors (Lipinski definition) is 1. The Labute approximate surface area is 104 Å². The van der Waals surface area contributed by atoms with E-state index in [0.717, 1.165) is 12.8 Å². The van der Waals surface area contributed by atoms with Crippen molar-refractivity contribution in [1.82, 2.24) is 10.2 Å². The van der Waals surface area contributed by atoms with Crippen molar-refractivity contribution in [3.8, 4) is 0 Å². The van der Waals surface area contributed by atoms with E-state index in [4.69, 9.17) is 0 Å². The summed E-state index contributed by atoms with van der Waals surface area (Å²) in [5.41, 5.74) is 0. The zero-order valence-corrected chi connectivity index (χ0v) is 11.3. The first kappa shape index (κ1) is 14.0. The molecule has 1 fully saturated rings. The fourth-order valence-electron chi connectivity index (χ4n) is 2.06. The van der Waals surface area contributed by atoms with Crippen LogP contribution in [0.1, 0.15) is 40.5 Å². The van der Waals surface area contributed by atoms with E-state index < -0.39 is 0 Å². The van der Waals surface area contributed by atoms with E-state index in [1.165, 1.54) is 0 Å². The molecule has 98 valence electrons. The predicted molar refractivity (Wildman–Crippen MR) is 67.4 cm³/mol. The van der Waals surface area contributed by atoms with Gasteiger partial charge in [-0.05, 0) is 24.7 Å². The highest BCUT2D eigenvalue weighted by Gasteiger charge is 2.34. The lowest BCUT2D eigenvalue weighted by molar-refractivity contribution is -0.146. The molecule has 1 saturated heterocycles. The minimum absolute atomic E-state index is 0.00190. The summed E-state index contributed by atoms with van der Waals surface area (Å²) in [5, 5.41) is 2.67. The van der Waals surface area contributed by atoms with E-state index in [-0.39, 0.29) is 24.4 Å². The largest absolute Gasteiger partial charge is 0.345 e. The highest BCUT2D eigenvalue weighted by molar-refractivity contribution is 5.94. The Bertz CT molecular complexity index is 287. The molecule has 0 aliphatic carbocycles. The van der Waals surface area contributed by atoms with Crippen LogP contribution in [0.15, 0.2) is 0 Å². The molecule has 1 unspecified atom stereocenters. The van der Waals surface area contributed by atoms with E-state index in [1.807, 2.05) is 0 Å². The van der Waals surface area contributed by atoms with Gasteiger partial charge in [0, 0.05) is 6.54 Å². The lowest BCUT2D eigenvalue weighted by atomic mass is 9.99. The average Bonchev–Trinajstić information content (AvgIpc) is 2.22. The normalized spacial score (nSPS) is 21.3. The molecule has 0 aromatic rings. The first-order valence-corrected chi connectivity index (χ1v) is 6.49. The van der Waals surface area contributed by atoms with Crippen molar-refractivity contribution in [2.24, 2.45) is 11.8 Å². The van der Waals surface area contributed by atoms with Crippen molar-refractivity contribution < 1.29 is 9.59 Å². The summed E-state index contributed by atoms with van der Waals surface area (Å²) in [6, 6.07) is -0.269. The molecule has 1 aliphatic rings. The highest BCUT2D eigenvalue weighted by Crippen LogP contribution is 2.16. The van der Waals surface area contributed by atoms with Gasteiger partial charge >= 0.3 is 0 Å². The van der Waals surface area contributed by atoms with Gasteiger partial charge in [0.1, 0.15) is 6.04 Å². The number of piperazine rings is 1. The maximum absolute atomic E-state index is 11.9. The number of hydrogen-bond acceptors (Lipinski definition) is 2. The lowest BCUT2D eigenvalue weighted by Gasteiger charge is -2.36. The summed E-state index contributed by atoms with van der Waals surface area (Å²) in [7, 11) is 0. The second-order valence-electron chi connectivity index (χ2n) is 5.63. The predicted octanol–water partition coefficient (Wildman–Crippen LogP) is 1.41. The van der Waals surface area contributed by atoms with Crippen molar-refractivity contribution in [2.75, 3.05) is 13.1 Å². The number of carbonyl (C=O) groups excluding carboxylic acids is 2. The number of nitrogens with zero attached hydrogens (tertiary/aromatic N) is 1. The molecule has 4 heteroatoms. The third kappa shape index (κ3) is 4.02. The lowest BCUT2D eigenvalue weighted by Crippen LogP contribution is -2.58. The first-order chi connectivity index (χ1) is 7.91. The van der Waals surface area contributed by atoms with Gasteiger partial charge in [0.05, 0.1) is 6.54 Å². The van der Waals surface area contributed by atoms with Crippen LogP contribution in [-0.4, -0.2) is 35.8 Å². The van der Waals surface area contributed by atoms with Gasteiger partial charge in [0.2, 0.25) is 11.8 Å². The molecular formula is C13H24N2O2. The zero-order chi connectivity index (χ0) is 13.0. The fourth-order valence-corrected chi connectivity index (χ4v) is 2.06. The Morgan fingerprint density at radius 1 is 1.24 bits per heavy atom. The van der Waals surface area contributed by atoms with Gasteiger partial charge in [-0.15, -0.1) is 0 Å². The van der Waals surface area contributed by atoms with Crippen LogP contribution in [0.3, 0.4) is 0 Å². The zero-order valence-electron chi connectivity index (χ0n) is 11.3. The summed E-state index contributed by atoms with van der Waals surface area (Å²) in [4.78, 5) is 25.4. The molecule has 0 aromatic heterocycles. The van der Waals surface area contributed by atoms with Gasteiger partial charge < -0.3 is 10.2 Å². The van der Waals surface area contributed by atoms with Crippen molar-refractivity contribution in [3.05, 3.63) is 0 Å². The monoisotopic (exact) mass is 240 g/mol. The van der Waals surface area contributed by atoms with E-state index in [9.17, 15) is 9.59 Å². The molecule has 1 atom stereocenters. The summed E-state index contributed by atoms with van der Waals surface area (Å²) >= 11 is 0. The van der Waals surface area contributed by atoms with Gasteiger partial charge in [-0.25, -0.2) is 0 Å². The molecule has 2 amide bonds. The first-order valence-electron chi connectivity index (χ1n) is 6.49. The van der Waals surface area contributed by atoms with E-state index in [0.29, 0.717) is 18.4 Å². The quantitative estimate of drug-likeness (QED) is 0.790. The third-order valence-electron chi connectivity index (χ3n) is 3.06. The van der Waals surface area contributed by atoms with Crippen molar-refractivity contribution in [2.45, 2.75) is 46.6 Å². The average molecular weight is 240 g/mol. The molecule has 0 saturated carbocycles. The second-order valence-corrected chi connectivity index (χ2v) is 5.63. The molecule has 0 radical (unpaired) electrons. The molecule has 1 N–H and O–H groups in total. The van der Waals surface area contributed by atoms with Crippen LogP contribution >= 0.6 is 0 Å². The van der Waals surface area contributed by atoms with Crippen LogP contribution < -0.4 is 5.32 Å². The molecule has 1 rings (SSSR count). The number of rotatable bonds is 5. The molecule has 17 heavy (non-hydrogen) atoms.